The molecule has 0 aliphatic heterocycles. The standard InChI is InChI=1S/C14H19FN2O3/c1-9(14(2,3)4)16(5)13(18)10-6-7-12(17(19)20)11(15)8-10/h6-9H,1-5H3. The summed E-state index contributed by atoms with van der Waals surface area (Å²) in [6.07, 6.45) is 0. The molecule has 0 heterocycles. The topological polar surface area (TPSA) is 63.5 Å². The number of nitro benzene ring substituents is 1. The highest BCUT2D eigenvalue weighted by atomic mass is 19.1. The van der Waals surface area contributed by atoms with E-state index in [0.717, 1.165) is 12.1 Å². The van der Waals surface area contributed by atoms with Gasteiger partial charge in [-0.25, -0.2) is 0 Å². The van der Waals surface area contributed by atoms with Gasteiger partial charge >= 0.3 is 5.69 Å². The molecule has 0 radical (unpaired) electrons. The summed E-state index contributed by atoms with van der Waals surface area (Å²) < 4.78 is 13.5. The molecule has 0 aliphatic carbocycles. The Labute approximate surface area is 117 Å². The maximum Gasteiger partial charge on any atom is 0.304 e. The Morgan fingerprint density at radius 2 is 1.95 bits per heavy atom. The minimum Gasteiger partial charge on any atom is -0.338 e. The highest BCUT2D eigenvalue weighted by Gasteiger charge is 2.28. The van der Waals surface area contributed by atoms with Crippen molar-refractivity contribution in [1.29, 1.82) is 0 Å². The van der Waals surface area contributed by atoms with Crippen molar-refractivity contribution in [3.05, 3.63) is 39.7 Å². The Morgan fingerprint density at radius 1 is 1.40 bits per heavy atom. The maximum absolute atomic E-state index is 13.5. The van der Waals surface area contributed by atoms with E-state index in [4.69, 9.17) is 0 Å². The van der Waals surface area contributed by atoms with Crippen molar-refractivity contribution >= 4 is 11.6 Å². The lowest BCUT2D eigenvalue weighted by molar-refractivity contribution is -0.387. The molecule has 20 heavy (non-hydrogen) atoms. The maximum atomic E-state index is 13.5. The smallest absolute Gasteiger partial charge is 0.304 e. The van der Waals surface area contributed by atoms with Crippen LogP contribution in [-0.2, 0) is 0 Å². The van der Waals surface area contributed by atoms with Crippen LogP contribution in [0.1, 0.15) is 38.1 Å². The number of amides is 1. The summed E-state index contributed by atoms with van der Waals surface area (Å²) in [6.45, 7) is 7.90. The van der Waals surface area contributed by atoms with E-state index < -0.39 is 16.4 Å². The molecule has 1 unspecified atom stereocenters. The molecule has 0 N–H and O–H groups in total. The van der Waals surface area contributed by atoms with E-state index in [1.165, 1.54) is 11.0 Å². The number of halogens is 1. The van der Waals surface area contributed by atoms with Crippen LogP contribution < -0.4 is 0 Å². The van der Waals surface area contributed by atoms with Crippen molar-refractivity contribution in [3.8, 4) is 0 Å². The third-order valence-corrected chi connectivity index (χ3v) is 3.55. The van der Waals surface area contributed by atoms with Crippen LogP contribution in [0.4, 0.5) is 10.1 Å². The first kappa shape index (κ1) is 16.1. The van der Waals surface area contributed by atoms with E-state index in [1.807, 2.05) is 27.7 Å². The molecule has 0 aliphatic rings. The van der Waals surface area contributed by atoms with Crippen molar-refractivity contribution in [2.75, 3.05) is 7.05 Å². The monoisotopic (exact) mass is 282 g/mol. The predicted molar refractivity (Wildman–Crippen MR) is 74.1 cm³/mol. The number of nitrogens with zero attached hydrogens (tertiary/aromatic N) is 2. The number of rotatable bonds is 3. The summed E-state index contributed by atoms with van der Waals surface area (Å²) in [5, 5.41) is 10.5. The van der Waals surface area contributed by atoms with E-state index >= 15 is 0 Å². The van der Waals surface area contributed by atoms with Crippen LogP contribution in [0.5, 0.6) is 0 Å². The Balaban J connectivity index is 3.04. The number of hydrogen-bond acceptors (Lipinski definition) is 3. The molecule has 1 aromatic rings. The first-order valence-electron chi connectivity index (χ1n) is 6.26. The molecular weight excluding hydrogens is 263 g/mol. The quantitative estimate of drug-likeness (QED) is 0.631. The van der Waals surface area contributed by atoms with Crippen molar-refractivity contribution in [2.45, 2.75) is 33.7 Å². The third-order valence-electron chi connectivity index (χ3n) is 3.55. The molecule has 0 aromatic heterocycles. The summed E-state index contributed by atoms with van der Waals surface area (Å²) in [7, 11) is 1.64. The van der Waals surface area contributed by atoms with E-state index in [1.54, 1.807) is 7.05 Å². The van der Waals surface area contributed by atoms with Crippen LogP contribution in [0, 0.1) is 21.3 Å². The molecule has 5 nitrogen and oxygen atoms in total. The van der Waals surface area contributed by atoms with E-state index in [9.17, 15) is 19.3 Å². The van der Waals surface area contributed by atoms with Gasteiger partial charge in [0.2, 0.25) is 5.82 Å². The molecule has 6 heteroatoms. The fourth-order valence-corrected chi connectivity index (χ4v) is 1.75. The van der Waals surface area contributed by atoms with Gasteiger partial charge in [-0.1, -0.05) is 20.8 Å². The third kappa shape index (κ3) is 3.31. The van der Waals surface area contributed by atoms with Crippen LogP contribution in [0.25, 0.3) is 0 Å². The number of carbonyl (C=O) groups is 1. The van der Waals surface area contributed by atoms with Gasteiger partial charge in [-0.3, -0.25) is 14.9 Å². The Hall–Kier alpha value is -1.98. The molecule has 0 bridgehead atoms. The fraction of sp³-hybridized carbons (Fsp3) is 0.500. The highest BCUT2D eigenvalue weighted by molar-refractivity contribution is 5.94. The molecule has 1 rings (SSSR count). The van der Waals surface area contributed by atoms with Gasteiger partial charge in [0, 0.05) is 24.7 Å². The molecule has 0 saturated carbocycles. The second-order valence-corrected chi connectivity index (χ2v) is 5.88. The van der Waals surface area contributed by atoms with Gasteiger partial charge in [0.1, 0.15) is 0 Å². The van der Waals surface area contributed by atoms with Gasteiger partial charge in [-0.15, -0.1) is 0 Å². The summed E-state index contributed by atoms with van der Waals surface area (Å²) in [6, 6.07) is 3.13. The minimum atomic E-state index is -1.00. The predicted octanol–water partition coefficient (Wildman–Crippen LogP) is 3.24. The van der Waals surface area contributed by atoms with Crippen LogP contribution in [-0.4, -0.2) is 28.8 Å². The zero-order valence-corrected chi connectivity index (χ0v) is 12.3. The van der Waals surface area contributed by atoms with Gasteiger partial charge in [0.15, 0.2) is 0 Å². The molecule has 110 valence electrons. The van der Waals surface area contributed by atoms with Crippen LogP contribution >= 0.6 is 0 Å². The zero-order chi connectivity index (χ0) is 15.7. The zero-order valence-electron chi connectivity index (χ0n) is 12.3. The second kappa shape index (κ2) is 5.56. The lowest BCUT2D eigenvalue weighted by Crippen LogP contribution is -2.43. The molecule has 1 amide bonds. The van der Waals surface area contributed by atoms with Crippen molar-refractivity contribution in [3.63, 3.8) is 0 Å². The summed E-state index contributed by atoms with van der Waals surface area (Å²) in [4.78, 5) is 23.5. The van der Waals surface area contributed by atoms with Crippen molar-refractivity contribution in [2.24, 2.45) is 5.41 Å². The SMILES string of the molecule is CC(N(C)C(=O)c1ccc([N+](=O)[O-])c(F)c1)C(C)(C)C. The summed E-state index contributed by atoms with van der Waals surface area (Å²) in [5.74, 6) is -1.36. The average Bonchev–Trinajstić information content (AvgIpc) is 2.34. The summed E-state index contributed by atoms with van der Waals surface area (Å²) in [5.41, 5.74) is -0.649. The molecule has 1 aromatic carbocycles. The summed E-state index contributed by atoms with van der Waals surface area (Å²) >= 11 is 0. The molecule has 0 fully saturated rings. The van der Waals surface area contributed by atoms with E-state index in [-0.39, 0.29) is 22.9 Å². The number of carbonyl (C=O) groups excluding carboxylic acids is 1. The molecular formula is C14H19FN2O3. The lowest BCUT2D eigenvalue weighted by Gasteiger charge is -2.35. The first-order valence-corrected chi connectivity index (χ1v) is 6.26. The number of nitro groups is 1. The Bertz CT molecular complexity index is 538. The first-order chi connectivity index (χ1) is 9.05. The average molecular weight is 282 g/mol. The molecule has 1 atom stereocenters. The fourth-order valence-electron chi connectivity index (χ4n) is 1.75. The van der Waals surface area contributed by atoms with Crippen LogP contribution in [0.15, 0.2) is 18.2 Å². The lowest BCUT2D eigenvalue weighted by atomic mass is 9.87. The minimum absolute atomic E-state index is 0.0618. The van der Waals surface area contributed by atoms with Gasteiger partial charge in [-0.05, 0) is 24.5 Å². The van der Waals surface area contributed by atoms with E-state index in [0.29, 0.717) is 0 Å². The molecule has 0 saturated heterocycles. The molecule has 0 spiro atoms. The van der Waals surface area contributed by atoms with Crippen LogP contribution in [0.3, 0.4) is 0 Å². The van der Waals surface area contributed by atoms with Gasteiger partial charge in [0.25, 0.3) is 5.91 Å². The normalized spacial score (nSPS) is 12.9. The number of benzene rings is 1. The van der Waals surface area contributed by atoms with Gasteiger partial charge < -0.3 is 4.90 Å². The Morgan fingerprint density at radius 3 is 2.35 bits per heavy atom. The van der Waals surface area contributed by atoms with Crippen LogP contribution in [0.2, 0.25) is 0 Å². The van der Waals surface area contributed by atoms with E-state index in [2.05, 4.69) is 0 Å². The van der Waals surface area contributed by atoms with Gasteiger partial charge in [0.05, 0.1) is 4.92 Å². The second-order valence-electron chi connectivity index (χ2n) is 5.88. The van der Waals surface area contributed by atoms with Crippen molar-refractivity contribution in [1.82, 2.24) is 4.90 Å². The van der Waals surface area contributed by atoms with Gasteiger partial charge in [-0.2, -0.15) is 4.39 Å². The number of hydrogen-bond donors (Lipinski definition) is 0. The highest BCUT2D eigenvalue weighted by Crippen LogP contribution is 2.25. The largest absolute Gasteiger partial charge is 0.338 e. The Kier molecular flexibility index (Phi) is 4.47. The van der Waals surface area contributed by atoms with Crippen molar-refractivity contribution < 1.29 is 14.1 Å².